The van der Waals surface area contributed by atoms with Crippen LogP contribution in [0.1, 0.15) is 26.7 Å². The predicted octanol–water partition coefficient (Wildman–Crippen LogP) is 4.33. The van der Waals surface area contributed by atoms with E-state index in [1.54, 1.807) is 12.1 Å². The summed E-state index contributed by atoms with van der Waals surface area (Å²) < 4.78 is 13.3. The molecule has 1 nitrogen and oxygen atoms in total. The normalized spacial score (nSPS) is 10.7. The second-order valence-corrected chi connectivity index (χ2v) is 4.52. The molecule has 1 aromatic rings. The summed E-state index contributed by atoms with van der Waals surface area (Å²) in [5.74, 6) is 0.411. The molecule has 0 atom stereocenters. The Balaban J connectivity index is 2.37. The molecule has 0 amide bonds. The number of rotatable bonds is 5. The lowest BCUT2D eigenvalue weighted by Crippen LogP contribution is -2.04. The SMILES string of the molecule is CC(C)CCCNc1ccc(Cl)cc1F. The minimum absolute atomic E-state index is 0.285. The molecule has 0 saturated heterocycles. The summed E-state index contributed by atoms with van der Waals surface area (Å²) in [6.45, 7) is 5.17. The van der Waals surface area contributed by atoms with Crippen molar-refractivity contribution < 1.29 is 4.39 Å². The van der Waals surface area contributed by atoms with Crippen molar-refractivity contribution in [2.24, 2.45) is 5.92 Å². The van der Waals surface area contributed by atoms with E-state index in [2.05, 4.69) is 19.2 Å². The molecule has 0 heterocycles. The van der Waals surface area contributed by atoms with E-state index in [0.29, 0.717) is 16.6 Å². The van der Waals surface area contributed by atoms with Crippen LogP contribution in [0.2, 0.25) is 5.02 Å². The van der Waals surface area contributed by atoms with Crippen molar-refractivity contribution in [3.05, 3.63) is 29.0 Å². The molecule has 0 fully saturated rings. The molecule has 0 aliphatic rings. The van der Waals surface area contributed by atoms with E-state index >= 15 is 0 Å². The van der Waals surface area contributed by atoms with Crippen LogP contribution in [0.15, 0.2) is 18.2 Å². The Morgan fingerprint density at radius 2 is 2.13 bits per heavy atom. The molecular formula is C12H17ClFN. The molecule has 0 bridgehead atoms. The van der Waals surface area contributed by atoms with Gasteiger partial charge in [0.25, 0.3) is 0 Å². The first-order chi connectivity index (χ1) is 7.09. The van der Waals surface area contributed by atoms with E-state index in [1.165, 1.54) is 6.07 Å². The molecule has 0 aliphatic heterocycles. The number of halogens is 2. The molecule has 84 valence electrons. The monoisotopic (exact) mass is 229 g/mol. The van der Waals surface area contributed by atoms with E-state index in [-0.39, 0.29) is 5.82 Å². The number of hydrogen-bond donors (Lipinski definition) is 1. The Kier molecular flexibility index (Phi) is 4.89. The average molecular weight is 230 g/mol. The highest BCUT2D eigenvalue weighted by molar-refractivity contribution is 6.30. The van der Waals surface area contributed by atoms with Gasteiger partial charge in [-0.2, -0.15) is 0 Å². The Hall–Kier alpha value is -0.760. The van der Waals surface area contributed by atoms with E-state index in [4.69, 9.17) is 11.6 Å². The van der Waals surface area contributed by atoms with Gasteiger partial charge in [-0.05, 0) is 37.0 Å². The number of benzene rings is 1. The highest BCUT2D eigenvalue weighted by atomic mass is 35.5. The zero-order chi connectivity index (χ0) is 11.3. The fourth-order valence-electron chi connectivity index (χ4n) is 1.37. The molecule has 0 unspecified atom stereocenters. The van der Waals surface area contributed by atoms with Crippen molar-refractivity contribution in [2.45, 2.75) is 26.7 Å². The molecule has 1 N–H and O–H groups in total. The third kappa shape index (κ3) is 4.52. The molecule has 1 aromatic carbocycles. The molecular weight excluding hydrogens is 213 g/mol. The second kappa shape index (κ2) is 5.96. The minimum Gasteiger partial charge on any atom is -0.383 e. The van der Waals surface area contributed by atoms with E-state index in [0.717, 1.165) is 19.4 Å². The number of hydrogen-bond acceptors (Lipinski definition) is 1. The van der Waals surface area contributed by atoms with Crippen molar-refractivity contribution in [2.75, 3.05) is 11.9 Å². The zero-order valence-electron chi connectivity index (χ0n) is 9.19. The van der Waals surface area contributed by atoms with Gasteiger partial charge in [0.05, 0.1) is 5.69 Å². The van der Waals surface area contributed by atoms with Crippen LogP contribution in [0.4, 0.5) is 10.1 Å². The molecule has 0 spiro atoms. The highest BCUT2D eigenvalue weighted by Gasteiger charge is 2.01. The smallest absolute Gasteiger partial charge is 0.147 e. The number of nitrogens with one attached hydrogen (secondary N) is 1. The van der Waals surface area contributed by atoms with Gasteiger partial charge >= 0.3 is 0 Å². The van der Waals surface area contributed by atoms with E-state index < -0.39 is 0 Å². The Bertz CT molecular complexity index is 312. The first kappa shape index (κ1) is 12.3. The maximum absolute atomic E-state index is 13.3. The van der Waals surface area contributed by atoms with Crippen LogP contribution in [-0.4, -0.2) is 6.54 Å². The Morgan fingerprint density at radius 1 is 1.40 bits per heavy atom. The van der Waals surface area contributed by atoms with Crippen molar-refractivity contribution in [3.8, 4) is 0 Å². The van der Waals surface area contributed by atoms with Crippen LogP contribution >= 0.6 is 11.6 Å². The van der Waals surface area contributed by atoms with Gasteiger partial charge in [-0.3, -0.25) is 0 Å². The molecule has 3 heteroatoms. The van der Waals surface area contributed by atoms with Crippen LogP contribution in [0.3, 0.4) is 0 Å². The van der Waals surface area contributed by atoms with E-state index in [1.807, 2.05) is 0 Å². The molecule has 15 heavy (non-hydrogen) atoms. The predicted molar refractivity (Wildman–Crippen MR) is 64.0 cm³/mol. The summed E-state index contributed by atoms with van der Waals surface area (Å²) >= 11 is 5.65. The fraction of sp³-hybridized carbons (Fsp3) is 0.500. The lowest BCUT2D eigenvalue weighted by molar-refractivity contribution is 0.565. The maximum Gasteiger partial charge on any atom is 0.147 e. The molecule has 0 radical (unpaired) electrons. The first-order valence-electron chi connectivity index (χ1n) is 5.28. The van der Waals surface area contributed by atoms with Gasteiger partial charge in [0, 0.05) is 11.6 Å². The average Bonchev–Trinajstić information content (AvgIpc) is 2.14. The van der Waals surface area contributed by atoms with Crippen LogP contribution < -0.4 is 5.32 Å². The lowest BCUT2D eigenvalue weighted by Gasteiger charge is -2.08. The summed E-state index contributed by atoms with van der Waals surface area (Å²) in [7, 11) is 0. The molecule has 0 saturated carbocycles. The van der Waals surface area contributed by atoms with Gasteiger partial charge in [-0.25, -0.2) is 4.39 Å². The van der Waals surface area contributed by atoms with Gasteiger partial charge in [0.1, 0.15) is 5.82 Å². The van der Waals surface area contributed by atoms with Gasteiger partial charge in [0.2, 0.25) is 0 Å². The van der Waals surface area contributed by atoms with E-state index in [9.17, 15) is 4.39 Å². The third-order valence-corrected chi connectivity index (χ3v) is 2.44. The zero-order valence-corrected chi connectivity index (χ0v) is 9.94. The van der Waals surface area contributed by atoms with Gasteiger partial charge in [-0.1, -0.05) is 25.4 Å². The summed E-state index contributed by atoms with van der Waals surface area (Å²) in [5.41, 5.74) is 0.531. The third-order valence-electron chi connectivity index (χ3n) is 2.20. The summed E-state index contributed by atoms with van der Waals surface area (Å²) in [6.07, 6.45) is 2.21. The highest BCUT2D eigenvalue weighted by Crippen LogP contribution is 2.18. The largest absolute Gasteiger partial charge is 0.383 e. The second-order valence-electron chi connectivity index (χ2n) is 4.09. The molecule has 1 rings (SSSR count). The van der Waals surface area contributed by atoms with Crippen LogP contribution in [-0.2, 0) is 0 Å². The summed E-state index contributed by atoms with van der Waals surface area (Å²) in [4.78, 5) is 0. The fourth-order valence-corrected chi connectivity index (χ4v) is 1.52. The van der Waals surface area contributed by atoms with Crippen molar-refractivity contribution >= 4 is 17.3 Å². The quantitative estimate of drug-likeness (QED) is 0.742. The maximum atomic E-state index is 13.3. The van der Waals surface area contributed by atoms with Gasteiger partial charge in [0.15, 0.2) is 0 Å². The lowest BCUT2D eigenvalue weighted by atomic mass is 10.1. The van der Waals surface area contributed by atoms with Crippen molar-refractivity contribution in [3.63, 3.8) is 0 Å². The summed E-state index contributed by atoms with van der Waals surface area (Å²) in [6, 6.07) is 4.69. The first-order valence-corrected chi connectivity index (χ1v) is 5.66. The van der Waals surface area contributed by atoms with Crippen LogP contribution in [0.25, 0.3) is 0 Å². The number of anilines is 1. The van der Waals surface area contributed by atoms with Gasteiger partial charge < -0.3 is 5.32 Å². The topological polar surface area (TPSA) is 12.0 Å². The Labute approximate surface area is 95.6 Å². The molecule has 0 aromatic heterocycles. The minimum atomic E-state index is -0.285. The van der Waals surface area contributed by atoms with Crippen LogP contribution in [0.5, 0.6) is 0 Å². The molecule has 0 aliphatic carbocycles. The van der Waals surface area contributed by atoms with Crippen LogP contribution in [0, 0.1) is 11.7 Å². The summed E-state index contributed by atoms with van der Waals surface area (Å²) in [5, 5.41) is 3.49. The van der Waals surface area contributed by atoms with Crippen molar-refractivity contribution in [1.82, 2.24) is 0 Å². The Morgan fingerprint density at radius 3 is 2.73 bits per heavy atom. The van der Waals surface area contributed by atoms with Gasteiger partial charge in [-0.15, -0.1) is 0 Å². The standard InChI is InChI=1S/C12H17ClFN/c1-9(2)4-3-7-15-12-6-5-10(13)8-11(12)14/h5-6,8-9,15H,3-4,7H2,1-2H3. The van der Waals surface area contributed by atoms with Crippen molar-refractivity contribution in [1.29, 1.82) is 0 Å².